The van der Waals surface area contributed by atoms with Crippen LogP contribution in [0.1, 0.15) is 197 Å². The van der Waals surface area contributed by atoms with Gasteiger partial charge in [0, 0.05) is 168 Å². The van der Waals surface area contributed by atoms with Crippen LogP contribution in [0.15, 0.2) is 132 Å². The second-order valence-corrected chi connectivity index (χ2v) is 37.1. The van der Waals surface area contributed by atoms with E-state index in [4.69, 9.17) is 62.7 Å². The minimum atomic E-state index is -0.518. The largest absolute Gasteiger partial charge is 0.443 e. The molecule has 17 rings (SSSR count). The Kier molecular flexibility index (Phi) is 41.8. The third kappa shape index (κ3) is 30.0. The first kappa shape index (κ1) is 102. The first-order valence-corrected chi connectivity index (χ1v) is 47.1. The number of carbonyl (C=O) groups is 3. The zero-order chi connectivity index (χ0) is 87.4. The molecule has 9 aliphatic rings. The van der Waals surface area contributed by atoms with Gasteiger partial charge in [0.25, 0.3) is 0 Å². The fraction of sp³-hybridized carbons (Fsp3) is 0.570. The molecule has 8 aromatic rings. The van der Waals surface area contributed by atoms with Gasteiger partial charge in [0.1, 0.15) is 17.0 Å². The van der Waals surface area contributed by atoms with Crippen LogP contribution in [0.4, 0.5) is 21.0 Å². The first-order chi connectivity index (χ1) is 58.1. The van der Waals surface area contributed by atoms with Gasteiger partial charge in [0.05, 0.1) is 85.9 Å². The van der Waals surface area contributed by atoms with E-state index in [1.165, 1.54) is 39.0 Å². The van der Waals surface area contributed by atoms with Gasteiger partial charge in [-0.05, 0) is 234 Å². The molecular formula is C93H129Br5ClN7O16. The highest BCUT2D eigenvalue weighted by molar-refractivity contribution is 9.11. The number of methoxy groups -OCH3 is 6. The fourth-order valence-corrected chi connectivity index (χ4v) is 18.3. The van der Waals surface area contributed by atoms with Gasteiger partial charge in [-0.15, -0.1) is 12.4 Å². The average Bonchev–Trinajstić information content (AvgIpc) is 1.60. The Balaban J connectivity index is 0.000000176. The van der Waals surface area contributed by atoms with Gasteiger partial charge in [0.15, 0.2) is 11.6 Å². The van der Waals surface area contributed by atoms with E-state index in [1.807, 2.05) is 133 Å². The molecule has 674 valence electrons. The van der Waals surface area contributed by atoms with E-state index in [-0.39, 0.29) is 54.5 Å². The number of nitrogens with two attached hydrogens (primary N) is 1. The molecule has 2 spiro atoms. The van der Waals surface area contributed by atoms with Crippen LogP contribution in [-0.2, 0) is 100 Å². The Labute approximate surface area is 769 Å². The maximum absolute atomic E-state index is 12.8. The lowest BCUT2D eigenvalue weighted by Gasteiger charge is -2.34. The number of anilines is 2. The molecule has 3 unspecified atom stereocenters. The minimum absolute atomic E-state index is 0. The molecule has 7 aliphatic carbocycles. The number of fused-ring (bicyclic) bond motifs is 9. The summed E-state index contributed by atoms with van der Waals surface area (Å²) in [5.41, 5.74) is 18.2. The van der Waals surface area contributed by atoms with Gasteiger partial charge in [-0.2, -0.15) is 5.10 Å². The molecule has 2 saturated heterocycles. The molecule has 0 amide bonds. The third-order valence-corrected chi connectivity index (χ3v) is 25.1. The van der Waals surface area contributed by atoms with Crippen molar-refractivity contribution in [3.8, 4) is 0 Å². The summed E-state index contributed by atoms with van der Waals surface area (Å²) in [7, 11) is 10.6. The van der Waals surface area contributed by atoms with Gasteiger partial charge >= 0.3 is 12.2 Å². The number of halogens is 6. The van der Waals surface area contributed by atoms with Crippen molar-refractivity contribution in [3.63, 3.8) is 0 Å². The van der Waals surface area contributed by atoms with Crippen LogP contribution < -0.4 is 16.7 Å². The molecule has 0 radical (unpaired) electrons. The number of hydrogen-bond acceptors (Lipinski definition) is 20. The molecule has 122 heavy (non-hydrogen) atoms. The predicted octanol–water partition coefficient (Wildman–Crippen LogP) is 22.2. The van der Waals surface area contributed by atoms with Crippen molar-refractivity contribution in [2.75, 3.05) is 85.8 Å². The van der Waals surface area contributed by atoms with Crippen molar-refractivity contribution in [2.45, 2.75) is 268 Å². The molecule has 0 bridgehead atoms. The Hall–Kier alpha value is -5.19. The number of aromatic nitrogens is 3. The highest BCUT2D eigenvalue weighted by Gasteiger charge is 2.42. The van der Waals surface area contributed by atoms with E-state index in [0.717, 1.165) is 249 Å². The number of nitrogens with zero attached hydrogens (tertiary/aromatic N) is 3. The molecule has 3 aromatic heterocycles. The maximum Gasteiger partial charge on any atom is 0.419 e. The van der Waals surface area contributed by atoms with Crippen molar-refractivity contribution in [1.29, 1.82) is 0 Å². The number of hydrogen-bond donors (Lipinski definition) is 5. The zero-order valence-corrected chi connectivity index (χ0v) is 82.0. The number of ether oxygens (including phenoxy) is 12. The average molecular weight is 2040 g/mol. The van der Waals surface area contributed by atoms with Gasteiger partial charge in [-0.1, -0.05) is 122 Å². The number of nitrogen functional groups attached to an aromatic ring is 1. The van der Waals surface area contributed by atoms with E-state index < -0.39 is 11.2 Å². The summed E-state index contributed by atoms with van der Waals surface area (Å²) >= 11 is 16.8. The summed E-state index contributed by atoms with van der Waals surface area (Å²) in [5.74, 6) is 6.82. The standard InChI is InChI=1S/2C18H22BrNO3.C13H17BrN2O.C13H15NO.C9H16O3.C8H14O3.C7H12O2.C6H7BrN2.CH3Br.ClH/c1-18(2,3)23-17(21)20-15-8-6-12(22-4)10-14(15)13-7-5-11(19)9-16(13)20;1-18(2,3)23-17(21)20-14-9-8-11(22-4)10-12(14)16-13(19)6-5-7-15(16)20;1-17-13-7-5-11(6-8-13)15-16-12-4-2-3-10(14)9-12;1-15-9-6-7-13-11(8-9)10-4-2-3-5-12(10)14-13;1-10-8-2-4-9(5-3-8)11-6-7-12-9;9-7-1-3-8(4-2-7)10-5-6-11-8;1-9-7-4-2-6(8)3-5-7;7-5-2-1-3-6(4-5)9-8;1-2;/h5,7,9,12H,6,8,10H2,1-4H3;5-7,11H,8-10H2,1-4H3;2-4,9,13,16H,5-8H2,1H3;2-5,9,14H,6-8H2,1H3;8H,2-7H2,1H3;7,9H,1-6H2;7H,2-5H2,1H3;1-4,9H,8H2;1H3;1H. The number of aromatic amines is 1. The SMILES string of the molecule is CBr.COC1CCC(=NNc2cccc(Br)c2)CC1.COC1CCC(=O)CC1.COC1CCC2(CC1)OCCO2.COC1CCc2[nH]c3ccccc3c2C1.COC1CCc2c(c3c(Br)cccc3n2C(=O)OC(C)(C)C)C1.COC1CCc2c(c3ccc(Br)cc3n2C(=O)OC(C)(C)C)C1.Cl.NNc1cccc(Br)c1.OC1CCC2(CC1)OCCO2. The maximum atomic E-state index is 12.8. The number of carbonyl (C=O) groups excluding carboxylic acids is 3. The second-order valence-electron chi connectivity index (χ2n) is 33.5. The van der Waals surface area contributed by atoms with Gasteiger partial charge in [-0.3, -0.25) is 16.1 Å². The fourth-order valence-electron chi connectivity index (χ4n) is 16.6. The van der Waals surface area contributed by atoms with Crippen LogP contribution in [0, 0.1) is 0 Å². The Morgan fingerprint density at radius 3 is 1.43 bits per heavy atom. The number of H-pyrrole nitrogens is 1. The van der Waals surface area contributed by atoms with Crippen LogP contribution in [0.3, 0.4) is 0 Å². The third-order valence-electron chi connectivity index (χ3n) is 23.0. The Bertz CT molecular complexity index is 4560. The van der Waals surface area contributed by atoms with Crippen LogP contribution in [0.2, 0.25) is 0 Å². The molecule has 2 aliphatic heterocycles. The lowest BCUT2D eigenvalue weighted by molar-refractivity contribution is -0.189. The molecule has 29 heteroatoms. The van der Waals surface area contributed by atoms with Crippen molar-refractivity contribution < 1.29 is 76.3 Å². The van der Waals surface area contributed by atoms with Gasteiger partial charge in [-0.25, -0.2) is 18.7 Å². The Morgan fingerprint density at radius 1 is 0.492 bits per heavy atom. The number of para-hydroxylation sites is 1. The van der Waals surface area contributed by atoms with Crippen LogP contribution in [0.25, 0.3) is 32.7 Å². The number of nitrogens with one attached hydrogen (secondary N) is 3. The molecule has 4 saturated carbocycles. The highest BCUT2D eigenvalue weighted by Crippen LogP contribution is 2.41. The lowest BCUT2D eigenvalue weighted by Crippen LogP contribution is -2.37. The molecular weight excluding hydrogens is 1910 g/mol. The summed E-state index contributed by atoms with van der Waals surface area (Å²) in [4.78, 5) is 39.7. The van der Waals surface area contributed by atoms with Crippen molar-refractivity contribution in [3.05, 3.63) is 161 Å². The normalized spacial score (nSPS) is 20.7. The molecule has 6 N–H and O–H groups in total. The number of Topliss-reactive ketones (excluding diaryl/α,β-unsaturated/α-hetero) is 1. The van der Waals surface area contributed by atoms with E-state index in [2.05, 4.69) is 131 Å². The lowest BCUT2D eigenvalue weighted by atomic mass is 9.92. The number of aliphatic hydroxyl groups excluding tert-OH is 1. The minimum Gasteiger partial charge on any atom is -0.443 e. The van der Waals surface area contributed by atoms with Crippen LogP contribution >= 0.6 is 92.1 Å². The number of rotatable bonds is 9. The number of benzene rings is 5. The summed E-state index contributed by atoms with van der Waals surface area (Å²) in [6.07, 6.45) is 24.6. The summed E-state index contributed by atoms with van der Waals surface area (Å²) < 4.78 is 73.2. The van der Waals surface area contributed by atoms with Crippen molar-refractivity contribution in [1.82, 2.24) is 14.1 Å². The topological polar surface area (TPSA) is 270 Å². The Morgan fingerprint density at radius 2 is 0.926 bits per heavy atom. The molecule has 23 nitrogen and oxygen atoms in total. The summed E-state index contributed by atoms with van der Waals surface area (Å²) in [6.45, 7) is 14.3. The molecule has 5 heterocycles. The molecule has 6 fully saturated rings. The first-order valence-electron chi connectivity index (χ1n) is 42.4. The van der Waals surface area contributed by atoms with Crippen LogP contribution in [-0.4, -0.2) is 183 Å². The number of hydrazone groups is 1. The predicted molar refractivity (Wildman–Crippen MR) is 505 cm³/mol. The number of ketones is 1. The van der Waals surface area contributed by atoms with E-state index in [1.54, 1.807) is 44.7 Å². The summed E-state index contributed by atoms with van der Waals surface area (Å²) in [6, 6.07) is 36.2. The number of hydrazine groups is 1. The number of aryl methyl sites for hydroxylation is 1. The monoisotopic (exact) mass is 2030 g/mol. The van der Waals surface area contributed by atoms with Crippen LogP contribution in [0.5, 0.6) is 0 Å². The van der Waals surface area contributed by atoms with Crippen molar-refractivity contribution >= 4 is 160 Å². The van der Waals surface area contributed by atoms with E-state index in [9.17, 15) is 19.5 Å². The number of alkyl halides is 1. The zero-order valence-electron chi connectivity index (χ0n) is 73.2. The van der Waals surface area contributed by atoms with E-state index >= 15 is 0 Å². The highest BCUT2D eigenvalue weighted by atomic mass is 79.9. The van der Waals surface area contributed by atoms with Crippen molar-refractivity contribution in [2.24, 2.45) is 10.9 Å². The quantitative estimate of drug-likeness (QED) is 0.0510. The molecule has 3 atom stereocenters. The number of aliphatic hydroxyl groups is 1. The molecule has 5 aromatic carbocycles. The summed E-state index contributed by atoms with van der Waals surface area (Å²) in [5, 5.41) is 17.3. The van der Waals surface area contributed by atoms with E-state index in [0.29, 0.717) is 30.2 Å². The second kappa shape index (κ2) is 50.0. The van der Waals surface area contributed by atoms with Gasteiger partial charge < -0.3 is 72.4 Å². The van der Waals surface area contributed by atoms with Gasteiger partial charge in [0.2, 0.25) is 0 Å². The smallest absolute Gasteiger partial charge is 0.419 e.